The normalized spacial score (nSPS) is 20.5. The van der Waals surface area contributed by atoms with Crippen molar-refractivity contribution < 1.29 is 19.2 Å². The van der Waals surface area contributed by atoms with Crippen LogP contribution in [0.25, 0.3) is 22.5 Å². The Hall–Kier alpha value is -4.54. The zero-order chi connectivity index (χ0) is 29.7. The Morgan fingerprint density at radius 1 is 1.07 bits per heavy atom. The Morgan fingerprint density at radius 2 is 1.86 bits per heavy atom. The van der Waals surface area contributed by atoms with E-state index < -0.39 is 5.92 Å². The van der Waals surface area contributed by atoms with Gasteiger partial charge >= 0.3 is 5.97 Å². The van der Waals surface area contributed by atoms with Crippen molar-refractivity contribution in [3.63, 3.8) is 0 Å². The third kappa shape index (κ3) is 5.06. The maximum absolute atomic E-state index is 12.3. The number of phenols is 1. The summed E-state index contributed by atoms with van der Waals surface area (Å²) in [5.74, 6) is 0.958. The van der Waals surface area contributed by atoms with E-state index in [0.29, 0.717) is 46.7 Å². The highest BCUT2D eigenvalue weighted by Crippen LogP contribution is 2.45. The van der Waals surface area contributed by atoms with Crippen molar-refractivity contribution >= 4 is 17.6 Å². The molecule has 1 saturated carbocycles. The van der Waals surface area contributed by atoms with E-state index in [-0.39, 0.29) is 17.6 Å². The van der Waals surface area contributed by atoms with Gasteiger partial charge < -0.3 is 24.2 Å². The van der Waals surface area contributed by atoms with Crippen LogP contribution in [0, 0.1) is 11.8 Å². The predicted molar refractivity (Wildman–Crippen MR) is 160 cm³/mol. The fraction of sp³-hybridized carbons (Fsp3) is 0.438. The van der Waals surface area contributed by atoms with E-state index >= 15 is 0 Å². The number of ether oxygens (including phenoxy) is 1. The molecule has 1 N–H and O–H groups in total. The van der Waals surface area contributed by atoms with Crippen molar-refractivity contribution in [2.24, 2.45) is 11.8 Å². The number of methoxy groups -OCH3 is 1. The number of phenolic OH excluding ortho intramolecular Hbond substituents is 1. The van der Waals surface area contributed by atoms with Gasteiger partial charge in [-0.1, -0.05) is 31.1 Å². The number of hydrogen-bond acceptors (Lipinski definition) is 11. The molecule has 11 nitrogen and oxygen atoms in total. The Balaban J connectivity index is 1.06. The average Bonchev–Trinajstić information content (AvgIpc) is 3.39. The summed E-state index contributed by atoms with van der Waals surface area (Å²) < 4.78 is 10.5. The number of nitrogens with zero attached hydrogens (tertiary/aromatic N) is 7. The van der Waals surface area contributed by atoms with E-state index in [1.54, 1.807) is 24.5 Å². The number of hydrogen-bond donors (Lipinski definition) is 1. The summed E-state index contributed by atoms with van der Waals surface area (Å²) in [6.07, 6.45) is 7.81. The van der Waals surface area contributed by atoms with Gasteiger partial charge in [0, 0.05) is 61.2 Å². The number of carbonyl (C=O) groups is 1. The SMILES string of the molecule is COC(=O)C(c1cc(-c2cnc(N3CC[C@@H](C4Cc5nnc(-c6ccccc6O)cc5N4C4CC4)C3)nc2)no1)C(C)C. The second kappa shape index (κ2) is 10.9. The number of esters is 1. The van der Waals surface area contributed by atoms with Crippen LogP contribution in [0.4, 0.5) is 11.6 Å². The molecule has 11 heteroatoms. The average molecular weight is 582 g/mol. The zero-order valence-electron chi connectivity index (χ0n) is 24.6. The molecule has 3 aromatic heterocycles. The molecule has 0 spiro atoms. The number of anilines is 2. The molecule has 7 rings (SSSR count). The van der Waals surface area contributed by atoms with Crippen molar-refractivity contribution in [3.8, 4) is 28.3 Å². The van der Waals surface area contributed by atoms with E-state index in [4.69, 9.17) is 9.26 Å². The molecule has 3 aliphatic rings. The number of rotatable bonds is 8. The monoisotopic (exact) mass is 581 g/mol. The van der Waals surface area contributed by atoms with Crippen LogP contribution in [-0.2, 0) is 16.0 Å². The van der Waals surface area contributed by atoms with E-state index in [1.807, 2.05) is 32.0 Å². The maximum atomic E-state index is 12.3. The molecule has 43 heavy (non-hydrogen) atoms. The highest BCUT2D eigenvalue weighted by Gasteiger charge is 2.45. The first-order chi connectivity index (χ1) is 20.9. The van der Waals surface area contributed by atoms with Gasteiger partial charge in [0.1, 0.15) is 17.4 Å². The number of aromatic nitrogens is 5. The molecule has 5 heterocycles. The third-order valence-corrected chi connectivity index (χ3v) is 8.95. The maximum Gasteiger partial charge on any atom is 0.316 e. The van der Waals surface area contributed by atoms with Crippen LogP contribution >= 0.6 is 0 Å². The number of fused-ring (bicyclic) bond motifs is 1. The number of aromatic hydroxyl groups is 1. The summed E-state index contributed by atoms with van der Waals surface area (Å²) in [4.78, 5) is 26.5. The first-order valence-corrected chi connectivity index (χ1v) is 15.0. The van der Waals surface area contributed by atoms with Crippen LogP contribution < -0.4 is 9.80 Å². The van der Waals surface area contributed by atoms with Gasteiger partial charge in [-0.15, -0.1) is 5.10 Å². The van der Waals surface area contributed by atoms with Crippen molar-refractivity contribution in [1.29, 1.82) is 0 Å². The van der Waals surface area contributed by atoms with Crippen LogP contribution in [0.5, 0.6) is 5.75 Å². The van der Waals surface area contributed by atoms with Gasteiger partial charge in [-0.3, -0.25) is 4.79 Å². The van der Waals surface area contributed by atoms with Gasteiger partial charge in [-0.25, -0.2) is 9.97 Å². The van der Waals surface area contributed by atoms with Crippen molar-refractivity contribution in [2.45, 2.75) is 57.5 Å². The minimum atomic E-state index is -0.520. The topological polar surface area (TPSA) is 131 Å². The van der Waals surface area contributed by atoms with Crippen molar-refractivity contribution in [3.05, 3.63) is 60.2 Å². The standard InChI is InChI=1S/C32H35N7O4/c1-18(2)30(31(41)42-3)29-14-23(37-43-29)20-15-33-32(34-16-20)38-11-10-19(17-38)26-13-25-27(39(26)21-8-9-21)12-24(35-36-25)22-6-4-5-7-28(22)40/h4-7,12,14-16,18-19,21,26,30,40H,8-11,13,17H2,1-3H3/t19-,26?,30?/m1/s1. The smallest absolute Gasteiger partial charge is 0.316 e. The van der Waals surface area contributed by atoms with Gasteiger partial charge in [-0.2, -0.15) is 5.10 Å². The molecule has 0 bridgehead atoms. The minimum absolute atomic E-state index is 0.00448. The number of carbonyl (C=O) groups excluding carboxylic acids is 1. The van der Waals surface area contributed by atoms with Crippen molar-refractivity contribution in [1.82, 2.24) is 25.3 Å². The molecule has 2 unspecified atom stereocenters. The molecule has 4 aromatic rings. The lowest BCUT2D eigenvalue weighted by Crippen LogP contribution is -2.41. The largest absolute Gasteiger partial charge is 0.507 e. The van der Waals surface area contributed by atoms with Gasteiger partial charge in [0.25, 0.3) is 0 Å². The molecule has 222 valence electrons. The quantitative estimate of drug-likeness (QED) is 0.292. The van der Waals surface area contributed by atoms with Crippen LogP contribution in [-0.4, -0.2) is 68.7 Å². The van der Waals surface area contributed by atoms with E-state index in [9.17, 15) is 9.90 Å². The lowest BCUT2D eigenvalue weighted by molar-refractivity contribution is -0.144. The lowest BCUT2D eigenvalue weighted by Gasteiger charge is -2.32. The molecule has 1 aromatic carbocycles. The van der Waals surface area contributed by atoms with Crippen LogP contribution in [0.15, 0.2) is 53.3 Å². The molecular weight excluding hydrogens is 546 g/mol. The Morgan fingerprint density at radius 3 is 2.58 bits per heavy atom. The fourth-order valence-corrected chi connectivity index (χ4v) is 6.60. The summed E-state index contributed by atoms with van der Waals surface area (Å²) in [6, 6.07) is 12.0. The zero-order valence-corrected chi connectivity index (χ0v) is 24.6. The Kier molecular flexibility index (Phi) is 6.95. The summed E-state index contributed by atoms with van der Waals surface area (Å²) >= 11 is 0. The van der Waals surface area contributed by atoms with Gasteiger partial charge in [0.15, 0.2) is 5.76 Å². The first kappa shape index (κ1) is 27.3. The first-order valence-electron chi connectivity index (χ1n) is 15.0. The lowest BCUT2D eigenvalue weighted by atomic mass is 9.93. The van der Waals surface area contributed by atoms with Crippen LogP contribution in [0.1, 0.15) is 50.5 Å². The van der Waals surface area contributed by atoms with Crippen LogP contribution in [0.2, 0.25) is 0 Å². The number of para-hydroxylation sites is 1. The van der Waals surface area contributed by atoms with Crippen molar-refractivity contribution in [2.75, 3.05) is 30.0 Å². The Labute approximate surface area is 249 Å². The second-order valence-electron chi connectivity index (χ2n) is 12.1. The highest BCUT2D eigenvalue weighted by atomic mass is 16.5. The molecule has 1 aliphatic carbocycles. The van der Waals surface area contributed by atoms with E-state index in [2.05, 4.69) is 41.2 Å². The summed E-state index contributed by atoms with van der Waals surface area (Å²) in [5.41, 5.74) is 4.91. The summed E-state index contributed by atoms with van der Waals surface area (Å²) in [7, 11) is 1.38. The van der Waals surface area contributed by atoms with E-state index in [0.717, 1.165) is 42.9 Å². The molecule has 2 aliphatic heterocycles. The third-order valence-electron chi connectivity index (χ3n) is 8.95. The molecule has 1 saturated heterocycles. The molecule has 2 fully saturated rings. The molecule has 3 atom stereocenters. The molecule has 0 amide bonds. The van der Waals surface area contributed by atoms with E-state index in [1.165, 1.54) is 20.0 Å². The summed E-state index contributed by atoms with van der Waals surface area (Å²) in [6.45, 7) is 5.64. The minimum Gasteiger partial charge on any atom is -0.507 e. The number of benzene rings is 1. The van der Waals surface area contributed by atoms with Crippen LogP contribution in [0.3, 0.4) is 0 Å². The van der Waals surface area contributed by atoms with Gasteiger partial charge in [0.2, 0.25) is 5.95 Å². The van der Waals surface area contributed by atoms with Gasteiger partial charge in [-0.05, 0) is 49.3 Å². The predicted octanol–water partition coefficient (Wildman–Crippen LogP) is 4.63. The highest BCUT2D eigenvalue weighted by molar-refractivity contribution is 5.78. The molecular formula is C32H35N7O4. The second-order valence-corrected chi connectivity index (χ2v) is 12.1. The Bertz CT molecular complexity index is 1630. The fourth-order valence-electron chi connectivity index (χ4n) is 6.60. The summed E-state index contributed by atoms with van der Waals surface area (Å²) in [5, 5.41) is 23.7. The van der Waals surface area contributed by atoms with Gasteiger partial charge in [0.05, 0.1) is 24.2 Å². The molecule has 0 radical (unpaired) electrons.